The number of carboxylic acid groups (broad SMARTS) is 1. The van der Waals surface area contributed by atoms with Gasteiger partial charge in [-0.2, -0.15) is 0 Å². The molecule has 43 heavy (non-hydrogen) atoms. The fourth-order valence-corrected chi connectivity index (χ4v) is 5.29. The van der Waals surface area contributed by atoms with Crippen molar-refractivity contribution in [1.29, 1.82) is 0 Å². The molecule has 5 rings (SSSR count). The fourth-order valence-electron chi connectivity index (χ4n) is 5.29. The summed E-state index contributed by atoms with van der Waals surface area (Å²) < 4.78 is 0. The number of rotatable bonds is 9. The molecule has 3 aromatic rings. The molecule has 1 unspecified atom stereocenters. The van der Waals surface area contributed by atoms with Gasteiger partial charge in [0.1, 0.15) is 0 Å². The summed E-state index contributed by atoms with van der Waals surface area (Å²) in [5.74, 6) is -1.11. The van der Waals surface area contributed by atoms with Crippen LogP contribution in [0.5, 0.6) is 0 Å². The number of aryl methyl sites for hydroxylation is 1. The van der Waals surface area contributed by atoms with E-state index in [-0.39, 0.29) is 23.8 Å². The van der Waals surface area contributed by atoms with E-state index in [1.54, 1.807) is 30.3 Å². The molecule has 0 aromatic heterocycles. The van der Waals surface area contributed by atoms with Gasteiger partial charge in [-0.05, 0) is 62.1 Å². The van der Waals surface area contributed by atoms with Gasteiger partial charge in [-0.25, -0.2) is 4.79 Å². The molecule has 1 atom stereocenters. The summed E-state index contributed by atoms with van der Waals surface area (Å²) in [5, 5.41) is 18.1. The summed E-state index contributed by atoms with van der Waals surface area (Å²) in [5.41, 5.74) is 3.79. The number of carbonyl (C=O) groups is 4. The number of carboxylic acids is 1. The van der Waals surface area contributed by atoms with Crippen molar-refractivity contribution in [3.63, 3.8) is 0 Å². The van der Waals surface area contributed by atoms with Gasteiger partial charge in [0.25, 0.3) is 5.91 Å². The van der Waals surface area contributed by atoms with Crippen molar-refractivity contribution in [3.05, 3.63) is 89.5 Å². The first-order chi connectivity index (χ1) is 20.8. The Kier molecular flexibility index (Phi) is 9.24. The normalized spacial score (nSPS) is 15.7. The zero-order valence-electron chi connectivity index (χ0n) is 24.2. The smallest absolute Gasteiger partial charge is 0.323 e. The number of hydrogen-bond acceptors (Lipinski definition) is 5. The third-order valence-electron chi connectivity index (χ3n) is 7.78. The van der Waals surface area contributed by atoms with E-state index in [1.165, 1.54) is 0 Å². The fraction of sp³-hybridized carbons (Fsp3) is 0.333. The number of carbonyl (C=O) groups excluding carboxylic acids is 3. The van der Waals surface area contributed by atoms with Gasteiger partial charge < -0.3 is 30.9 Å². The monoisotopic (exact) mass is 583 g/mol. The molecule has 0 radical (unpaired) electrons. The number of aliphatic carboxylic acids is 1. The first-order valence-electron chi connectivity index (χ1n) is 14.7. The van der Waals surface area contributed by atoms with Gasteiger partial charge in [0, 0.05) is 43.3 Å². The SMILES string of the molecule is Cc1ccc(C(CC(=O)O)NC(=O)c2ccc(N3CCCN(C(=O)C4CC4)CC3)c(NC(=O)Nc3ccccc3)c2)cc1. The van der Waals surface area contributed by atoms with Crippen LogP contribution in [0, 0.1) is 12.8 Å². The molecule has 0 spiro atoms. The van der Waals surface area contributed by atoms with E-state index in [1.807, 2.05) is 54.3 Å². The summed E-state index contributed by atoms with van der Waals surface area (Å²) in [7, 11) is 0. The van der Waals surface area contributed by atoms with Crippen LogP contribution in [0.3, 0.4) is 0 Å². The molecule has 4 amide bonds. The van der Waals surface area contributed by atoms with Crippen molar-refractivity contribution >= 4 is 40.9 Å². The van der Waals surface area contributed by atoms with Gasteiger partial charge in [-0.15, -0.1) is 0 Å². The highest BCUT2D eigenvalue weighted by Crippen LogP contribution is 2.33. The first-order valence-corrected chi connectivity index (χ1v) is 14.7. The molecule has 1 saturated carbocycles. The molecule has 10 heteroatoms. The van der Waals surface area contributed by atoms with Crippen LogP contribution in [-0.4, -0.2) is 60.0 Å². The van der Waals surface area contributed by atoms with Crippen LogP contribution in [0.2, 0.25) is 0 Å². The molecule has 10 nitrogen and oxygen atoms in total. The number of para-hydroxylation sites is 1. The minimum absolute atomic E-state index is 0.160. The van der Waals surface area contributed by atoms with E-state index in [4.69, 9.17) is 0 Å². The lowest BCUT2D eigenvalue weighted by Gasteiger charge is -2.27. The van der Waals surface area contributed by atoms with Crippen molar-refractivity contribution in [2.45, 2.75) is 38.6 Å². The number of urea groups is 1. The zero-order chi connectivity index (χ0) is 30.3. The highest BCUT2D eigenvalue weighted by molar-refractivity contribution is 6.04. The maximum atomic E-state index is 13.4. The molecule has 1 aliphatic carbocycles. The minimum atomic E-state index is -1.03. The average Bonchev–Trinajstić information content (AvgIpc) is 3.85. The van der Waals surface area contributed by atoms with Crippen LogP contribution >= 0.6 is 0 Å². The van der Waals surface area contributed by atoms with Gasteiger partial charge in [-0.3, -0.25) is 14.4 Å². The number of hydrogen-bond donors (Lipinski definition) is 4. The predicted molar refractivity (Wildman–Crippen MR) is 165 cm³/mol. The number of benzene rings is 3. The lowest BCUT2D eigenvalue weighted by Crippen LogP contribution is -2.36. The Morgan fingerprint density at radius 2 is 1.63 bits per heavy atom. The predicted octanol–water partition coefficient (Wildman–Crippen LogP) is 5.03. The second kappa shape index (κ2) is 13.4. The topological polar surface area (TPSA) is 131 Å². The van der Waals surface area contributed by atoms with Crippen molar-refractivity contribution in [2.24, 2.45) is 5.92 Å². The molecule has 1 aliphatic heterocycles. The van der Waals surface area contributed by atoms with Crippen LogP contribution in [0.1, 0.15) is 53.2 Å². The third-order valence-corrected chi connectivity index (χ3v) is 7.78. The Morgan fingerprint density at radius 1 is 0.884 bits per heavy atom. The number of amides is 4. The number of nitrogens with one attached hydrogen (secondary N) is 3. The lowest BCUT2D eigenvalue weighted by molar-refractivity contribution is -0.137. The molecule has 1 saturated heterocycles. The average molecular weight is 584 g/mol. The Labute approximate surface area is 251 Å². The number of anilines is 3. The standard InChI is InChI=1S/C33H37N5O5/c1-22-8-10-23(11-9-22)27(21-30(39)40)35-31(41)25-14-15-29(28(20-25)36-33(43)34-26-6-3-2-4-7-26)37-16-5-17-38(19-18-37)32(42)24-12-13-24/h2-4,6-11,14-15,20,24,27H,5,12-13,16-19,21H2,1H3,(H,35,41)(H,39,40)(H2,34,36,43). The summed E-state index contributed by atoms with van der Waals surface area (Å²) >= 11 is 0. The van der Waals surface area contributed by atoms with Crippen LogP contribution in [-0.2, 0) is 9.59 Å². The quantitative estimate of drug-likeness (QED) is 0.279. The third kappa shape index (κ3) is 7.91. The van der Waals surface area contributed by atoms with E-state index in [0.29, 0.717) is 43.1 Å². The Morgan fingerprint density at radius 3 is 2.33 bits per heavy atom. The van der Waals surface area contributed by atoms with Crippen molar-refractivity contribution in [3.8, 4) is 0 Å². The molecule has 224 valence electrons. The van der Waals surface area contributed by atoms with Crippen LogP contribution < -0.4 is 20.9 Å². The van der Waals surface area contributed by atoms with Crippen molar-refractivity contribution in [2.75, 3.05) is 41.7 Å². The highest BCUT2D eigenvalue weighted by Gasteiger charge is 2.34. The van der Waals surface area contributed by atoms with Crippen LogP contribution in [0.4, 0.5) is 21.9 Å². The second-order valence-corrected chi connectivity index (χ2v) is 11.2. The maximum Gasteiger partial charge on any atom is 0.323 e. The Hall–Kier alpha value is -4.86. The van der Waals surface area contributed by atoms with Crippen LogP contribution in [0.15, 0.2) is 72.8 Å². The van der Waals surface area contributed by atoms with E-state index in [2.05, 4.69) is 20.9 Å². The minimum Gasteiger partial charge on any atom is -0.481 e. The highest BCUT2D eigenvalue weighted by atomic mass is 16.4. The van der Waals surface area contributed by atoms with Gasteiger partial charge >= 0.3 is 12.0 Å². The van der Waals surface area contributed by atoms with Crippen LogP contribution in [0.25, 0.3) is 0 Å². The Bertz CT molecular complexity index is 1470. The van der Waals surface area contributed by atoms with E-state index in [0.717, 1.165) is 30.5 Å². The van der Waals surface area contributed by atoms with E-state index < -0.39 is 23.9 Å². The van der Waals surface area contributed by atoms with Gasteiger partial charge in [-0.1, -0.05) is 48.0 Å². The van der Waals surface area contributed by atoms with Crippen molar-refractivity contribution in [1.82, 2.24) is 10.2 Å². The lowest BCUT2D eigenvalue weighted by atomic mass is 10.0. The largest absolute Gasteiger partial charge is 0.481 e. The molecule has 3 aromatic carbocycles. The molecule has 0 bridgehead atoms. The van der Waals surface area contributed by atoms with E-state index >= 15 is 0 Å². The molecule has 2 aliphatic rings. The summed E-state index contributed by atoms with van der Waals surface area (Å²) in [6.07, 6.45) is 2.43. The van der Waals surface area contributed by atoms with Crippen molar-refractivity contribution < 1.29 is 24.3 Å². The van der Waals surface area contributed by atoms with E-state index in [9.17, 15) is 24.3 Å². The summed E-state index contributed by atoms with van der Waals surface area (Å²) in [6.45, 7) is 4.48. The molecule has 4 N–H and O–H groups in total. The second-order valence-electron chi connectivity index (χ2n) is 11.2. The van der Waals surface area contributed by atoms with Gasteiger partial charge in [0.2, 0.25) is 5.91 Å². The zero-order valence-corrected chi connectivity index (χ0v) is 24.2. The molecular weight excluding hydrogens is 546 g/mol. The molecule has 2 fully saturated rings. The Balaban J connectivity index is 1.38. The summed E-state index contributed by atoms with van der Waals surface area (Å²) in [6, 6.07) is 20.3. The first kappa shape index (κ1) is 29.6. The van der Waals surface area contributed by atoms with Gasteiger partial charge in [0.15, 0.2) is 0 Å². The number of nitrogens with zero attached hydrogens (tertiary/aromatic N) is 2. The maximum absolute atomic E-state index is 13.4. The summed E-state index contributed by atoms with van der Waals surface area (Å²) in [4.78, 5) is 54.9. The molecule has 1 heterocycles. The molecular formula is C33H37N5O5. The van der Waals surface area contributed by atoms with Gasteiger partial charge in [0.05, 0.1) is 23.8 Å².